The number of quaternary nitrogens is 1. The van der Waals surface area contributed by atoms with Gasteiger partial charge < -0.3 is 0 Å². The van der Waals surface area contributed by atoms with E-state index in [1.807, 2.05) is 6.08 Å². The quantitative estimate of drug-likeness (QED) is 0.666. The van der Waals surface area contributed by atoms with Gasteiger partial charge in [-0.1, -0.05) is 30.9 Å². The summed E-state index contributed by atoms with van der Waals surface area (Å²) < 4.78 is 0.831. The van der Waals surface area contributed by atoms with Crippen LogP contribution in [0.2, 0.25) is 0 Å². The molecular formula is C15H18N+. The number of benzene rings is 2. The summed E-state index contributed by atoms with van der Waals surface area (Å²) in [6, 6.07) is 12.9. The smallest absolute Gasteiger partial charge is 0.140 e. The zero-order valence-corrected chi connectivity index (χ0v) is 10.2. The molecule has 0 amide bonds. The molecule has 0 unspecified atom stereocenters. The summed E-state index contributed by atoms with van der Waals surface area (Å²) >= 11 is 0. The molecule has 0 aliphatic heterocycles. The summed E-state index contributed by atoms with van der Waals surface area (Å²) in [7, 11) is 6.57. The monoisotopic (exact) mass is 212 g/mol. The van der Waals surface area contributed by atoms with Crippen LogP contribution in [0.1, 0.15) is 5.56 Å². The molecule has 0 atom stereocenters. The van der Waals surface area contributed by atoms with Crippen molar-refractivity contribution in [3.63, 3.8) is 0 Å². The lowest BCUT2D eigenvalue weighted by atomic mass is 10.0. The van der Waals surface area contributed by atoms with Gasteiger partial charge in [0.15, 0.2) is 0 Å². The van der Waals surface area contributed by atoms with E-state index < -0.39 is 0 Å². The topological polar surface area (TPSA) is 0 Å². The van der Waals surface area contributed by atoms with Crippen molar-refractivity contribution in [1.82, 2.24) is 4.48 Å². The number of nitrogens with zero attached hydrogens (tertiary/aromatic N) is 1. The fourth-order valence-electron chi connectivity index (χ4n) is 2.07. The molecular weight excluding hydrogens is 194 g/mol. The highest BCUT2D eigenvalue weighted by atomic mass is 15.3. The standard InChI is InChI=1S/C15H18N/c1-5-12-10-11-15(16(2,3)4)14-9-7-6-8-13(12)14/h5-11H,1H2,2-4H3/q+1. The van der Waals surface area contributed by atoms with Gasteiger partial charge in [0.25, 0.3) is 0 Å². The van der Waals surface area contributed by atoms with E-state index in [4.69, 9.17) is 0 Å². The minimum absolute atomic E-state index is 0.831. The van der Waals surface area contributed by atoms with Crippen LogP contribution in [0.4, 0.5) is 5.69 Å². The third-order valence-electron chi connectivity index (χ3n) is 2.88. The van der Waals surface area contributed by atoms with Crippen molar-refractivity contribution < 1.29 is 0 Å². The van der Waals surface area contributed by atoms with Gasteiger partial charge in [-0.2, -0.15) is 0 Å². The zero-order valence-electron chi connectivity index (χ0n) is 10.2. The Morgan fingerprint density at radius 2 is 1.56 bits per heavy atom. The molecule has 0 radical (unpaired) electrons. The molecule has 0 saturated carbocycles. The Labute approximate surface area is 97.2 Å². The highest BCUT2D eigenvalue weighted by Crippen LogP contribution is 2.31. The van der Waals surface area contributed by atoms with Gasteiger partial charge in [-0.05, 0) is 23.1 Å². The molecule has 0 bridgehead atoms. The summed E-state index contributed by atoms with van der Waals surface area (Å²) in [5.41, 5.74) is 2.54. The van der Waals surface area contributed by atoms with Crippen LogP contribution in [0.3, 0.4) is 0 Å². The van der Waals surface area contributed by atoms with Gasteiger partial charge in [0.2, 0.25) is 0 Å². The van der Waals surface area contributed by atoms with Crippen molar-refractivity contribution >= 4 is 22.5 Å². The summed E-state index contributed by atoms with van der Waals surface area (Å²) in [6.07, 6.45) is 1.92. The van der Waals surface area contributed by atoms with Crippen LogP contribution in [0.25, 0.3) is 16.8 Å². The first kappa shape index (κ1) is 10.9. The Balaban J connectivity index is 2.85. The largest absolute Gasteiger partial charge is 0.298 e. The van der Waals surface area contributed by atoms with E-state index in [1.165, 1.54) is 22.0 Å². The van der Waals surface area contributed by atoms with E-state index in [2.05, 4.69) is 64.1 Å². The van der Waals surface area contributed by atoms with E-state index in [1.54, 1.807) is 0 Å². The third-order valence-corrected chi connectivity index (χ3v) is 2.88. The van der Waals surface area contributed by atoms with Crippen LogP contribution in [-0.4, -0.2) is 21.1 Å². The summed E-state index contributed by atoms with van der Waals surface area (Å²) in [6.45, 7) is 3.87. The molecule has 0 N–H and O–H groups in total. The van der Waals surface area contributed by atoms with Crippen molar-refractivity contribution in [2.24, 2.45) is 0 Å². The van der Waals surface area contributed by atoms with Gasteiger partial charge in [0, 0.05) is 11.5 Å². The average molecular weight is 212 g/mol. The highest BCUT2D eigenvalue weighted by molar-refractivity contribution is 5.98. The Bertz CT molecular complexity index is 533. The van der Waals surface area contributed by atoms with Gasteiger partial charge >= 0.3 is 0 Å². The minimum atomic E-state index is 0.831. The van der Waals surface area contributed by atoms with E-state index in [0.29, 0.717) is 0 Å². The molecule has 0 fully saturated rings. The first-order valence-electron chi connectivity index (χ1n) is 5.50. The maximum absolute atomic E-state index is 3.87. The minimum Gasteiger partial charge on any atom is -0.298 e. The summed E-state index contributed by atoms with van der Waals surface area (Å²) in [5.74, 6) is 0. The molecule has 1 heteroatoms. The summed E-state index contributed by atoms with van der Waals surface area (Å²) in [5, 5.41) is 2.59. The van der Waals surface area contributed by atoms with Gasteiger partial charge in [-0.25, -0.2) is 0 Å². The van der Waals surface area contributed by atoms with Crippen LogP contribution < -0.4 is 4.48 Å². The second kappa shape index (κ2) is 3.76. The lowest BCUT2D eigenvalue weighted by Crippen LogP contribution is -2.34. The van der Waals surface area contributed by atoms with Gasteiger partial charge in [-0.15, -0.1) is 0 Å². The van der Waals surface area contributed by atoms with Gasteiger partial charge in [0.05, 0.1) is 21.1 Å². The maximum atomic E-state index is 3.87. The van der Waals surface area contributed by atoms with Crippen LogP contribution in [-0.2, 0) is 0 Å². The number of hydrogen-bond donors (Lipinski definition) is 0. The molecule has 0 heterocycles. The predicted octanol–water partition coefficient (Wildman–Crippen LogP) is 3.68. The van der Waals surface area contributed by atoms with E-state index in [9.17, 15) is 0 Å². The molecule has 0 saturated heterocycles. The van der Waals surface area contributed by atoms with Crippen molar-refractivity contribution in [3.05, 3.63) is 48.5 Å². The Hall–Kier alpha value is -1.60. The van der Waals surface area contributed by atoms with Crippen LogP contribution in [0, 0.1) is 0 Å². The van der Waals surface area contributed by atoms with Crippen LogP contribution in [0.15, 0.2) is 43.0 Å². The molecule has 2 aromatic rings. The molecule has 0 aliphatic carbocycles. The average Bonchev–Trinajstić information content (AvgIpc) is 2.26. The number of fused-ring (bicyclic) bond motifs is 1. The van der Waals surface area contributed by atoms with Crippen LogP contribution >= 0.6 is 0 Å². The maximum Gasteiger partial charge on any atom is 0.140 e. The van der Waals surface area contributed by atoms with Crippen molar-refractivity contribution in [1.29, 1.82) is 0 Å². The first-order chi connectivity index (χ1) is 7.54. The first-order valence-corrected chi connectivity index (χ1v) is 5.50. The molecule has 0 aliphatic rings. The third kappa shape index (κ3) is 1.74. The predicted molar refractivity (Wildman–Crippen MR) is 73.6 cm³/mol. The SMILES string of the molecule is C=Cc1ccc([N+](C)(C)C)c2ccccc12. The molecule has 82 valence electrons. The molecule has 0 aromatic heterocycles. The molecule has 1 nitrogen and oxygen atoms in total. The Morgan fingerprint density at radius 1 is 0.938 bits per heavy atom. The molecule has 2 aromatic carbocycles. The van der Waals surface area contributed by atoms with Crippen molar-refractivity contribution in [3.8, 4) is 0 Å². The number of hydrogen-bond acceptors (Lipinski definition) is 0. The van der Waals surface area contributed by atoms with E-state index >= 15 is 0 Å². The van der Waals surface area contributed by atoms with Gasteiger partial charge in [-0.3, -0.25) is 4.48 Å². The molecule has 2 rings (SSSR count). The van der Waals surface area contributed by atoms with Gasteiger partial charge in [0.1, 0.15) is 5.69 Å². The Kier molecular flexibility index (Phi) is 2.56. The van der Waals surface area contributed by atoms with Crippen molar-refractivity contribution in [2.75, 3.05) is 21.1 Å². The highest BCUT2D eigenvalue weighted by Gasteiger charge is 2.16. The molecule has 16 heavy (non-hydrogen) atoms. The number of rotatable bonds is 2. The van der Waals surface area contributed by atoms with Crippen molar-refractivity contribution in [2.45, 2.75) is 0 Å². The molecule has 0 spiro atoms. The van der Waals surface area contributed by atoms with E-state index in [0.717, 1.165) is 4.48 Å². The lowest BCUT2D eigenvalue weighted by Gasteiger charge is -2.25. The Morgan fingerprint density at radius 3 is 2.12 bits per heavy atom. The van der Waals surface area contributed by atoms with E-state index in [-0.39, 0.29) is 0 Å². The fraction of sp³-hybridized carbons (Fsp3) is 0.200. The summed E-state index contributed by atoms with van der Waals surface area (Å²) in [4.78, 5) is 0. The normalized spacial score (nSPS) is 11.7. The second-order valence-electron chi connectivity index (χ2n) is 4.94. The fourth-order valence-corrected chi connectivity index (χ4v) is 2.07. The lowest BCUT2D eigenvalue weighted by molar-refractivity contribution is 0.490. The van der Waals surface area contributed by atoms with Crippen LogP contribution in [0.5, 0.6) is 0 Å². The second-order valence-corrected chi connectivity index (χ2v) is 4.94. The zero-order chi connectivity index (χ0) is 11.8.